The molecule has 0 spiro atoms. The summed E-state index contributed by atoms with van der Waals surface area (Å²) in [6.07, 6.45) is 3.25. The molecule has 1 aliphatic rings. The Hall–Kier alpha value is -1.66. The number of nitrogens with one attached hydrogen (secondary N) is 2. The van der Waals surface area contributed by atoms with E-state index < -0.39 is 0 Å². The number of nitrogens with two attached hydrogens (primary N) is 1. The molecule has 0 unspecified atom stereocenters. The van der Waals surface area contributed by atoms with Crippen LogP contribution in [0.1, 0.15) is 23.3 Å². The van der Waals surface area contributed by atoms with Crippen molar-refractivity contribution >= 4 is 11.6 Å². The number of amides is 1. The van der Waals surface area contributed by atoms with Crippen molar-refractivity contribution in [3.05, 3.63) is 24.0 Å². The van der Waals surface area contributed by atoms with E-state index in [4.69, 9.17) is 10.6 Å². The maximum absolute atomic E-state index is 11.9. The standard InChI is InChI=1S/C11H16N4O2/c12-15-9-1-4-13-10(7-9)11(16)14-8-2-5-17-6-3-8/h1,4,7-8H,2-3,5-6,12H2,(H,13,15)(H,14,16). The Morgan fingerprint density at radius 2 is 2.24 bits per heavy atom. The third-order valence-electron chi connectivity index (χ3n) is 2.72. The van der Waals surface area contributed by atoms with Crippen LogP contribution in [0.2, 0.25) is 0 Å². The quantitative estimate of drug-likeness (QED) is 0.518. The summed E-state index contributed by atoms with van der Waals surface area (Å²) in [7, 11) is 0. The lowest BCUT2D eigenvalue weighted by Crippen LogP contribution is -2.39. The van der Waals surface area contributed by atoms with Gasteiger partial charge in [-0.2, -0.15) is 0 Å². The number of aromatic nitrogens is 1. The molecule has 4 N–H and O–H groups in total. The molecule has 17 heavy (non-hydrogen) atoms. The lowest BCUT2D eigenvalue weighted by Gasteiger charge is -2.22. The highest BCUT2D eigenvalue weighted by atomic mass is 16.5. The SMILES string of the molecule is NNc1ccnc(C(=O)NC2CCOCC2)c1. The molecule has 1 aromatic rings. The second kappa shape index (κ2) is 5.60. The molecule has 0 aliphatic carbocycles. The predicted octanol–water partition coefficient (Wildman–Crippen LogP) is 0.276. The molecule has 1 aliphatic heterocycles. The molecule has 1 fully saturated rings. The van der Waals surface area contributed by atoms with Crippen molar-refractivity contribution in [2.24, 2.45) is 5.84 Å². The molecule has 0 aromatic carbocycles. The van der Waals surface area contributed by atoms with Crippen molar-refractivity contribution < 1.29 is 9.53 Å². The molecule has 0 saturated carbocycles. The number of anilines is 1. The number of pyridine rings is 1. The maximum Gasteiger partial charge on any atom is 0.270 e. The second-order valence-electron chi connectivity index (χ2n) is 3.93. The monoisotopic (exact) mass is 236 g/mol. The first kappa shape index (κ1) is 11.8. The molecule has 1 amide bonds. The van der Waals surface area contributed by atoms with Gasteiger partial charge in [0.15, 0.2) is 0 Å². The van der Waals surface area contributed by atoms with Gasteiger partial charge in [0.1, 0.15) is 5.69 Å². The van der Waals surface area contributed by atoms with Crippen molar-refractivity contribution in [2.75, 3.05) is 18.6 Å². The van der Waals surface area contributed by atoms with Gasteiger partial charge in [0.05, 0.1) is 5.69 Å². The minimum Gasteiger partial charge on any atom is -0.381 e. The molecular weight excluding hydrogens is 220 g/mol. The van der Waals surface area contributed by atoms with E-state index in [1.807, 2.05) is 0 Å². The van der Waals surface area contributed by atoms with E-state index in [-0.39, 0.29) is 11.9 Å². The predicted molar refractivity (Wildman–Crippen MR) is 63.4 cm³/mol. The normalized spacial score (nSPS) is 16.5. The highest BCUT2D eigenvalue weighted by Gasteiger charge is 2.17. The Morgan fingerprint density at radius 1 is 1.47 bits per heavy atom. The smallest absolute Gasteiger partial charge is 0.270 e. The van der Waals surface area contributed by atoms with E-state index >= 15 is 0 Å². The molecular formula is C11H16N4O2. The van der Waals surface area contributed by atoms with Crippen LogP contribution in [-0.4, -0.2) is 30.1 Å². The number of hydrogen-bond donors (Lipinski definition) is 3. The maximum atomic E-state index is 11.9. The van der Waals surface area contributed by atoms with Crippen molar-refractivity contribution in [1.29, 1.82) is 0 Å². The van der Waals surface area contributed by atoms with Crippen LogP contribution in [-0.2, 0) is 4.74 Å². The van der Waals surface area contributed by atoms with E-state index in [0.717, 1.165) is 12.8 Å². The summed E-state index contributed by atoms with van der Waals surface area (Å²) >= 11 is 0. The highest BCUT2D eigenvalue weighted by Crippen LogP contribution is 2.09. The Labute approximate surface area is 99.5 Å². The largest absolute Gasteiger partial charge is 0.381 e. The van der Waals surface area contributed by atoms with Gasteiger partial charge in [0, 0.05) is 25.5 Å². The third kappa shape index (κ3) is 3.15. The van der Waals surface area contributed by atoms with Crippen molar-refractivity contribution in [2.45, 2.75) is 18.9 Å². The van der Waals surface area contributed by atoms with Crippen LogP contribution in [0, 0.1) is 0 Å². The fourth-order valence-corrected chi connectivity index (χ4v) is 1.75. The second-order valence-corrected chi connectivity index (χ2v) is 3.93. The fraction of sp³-hybridized carbons (Fsp3) is 0.455. The summed E-state index contributed by atoms with van der Waals surface area (Å²) in [6.45, 7) is 1.39. The fourth-order valence-electron chi connectivity index (χ4n) is 1.75. The van der Waals surface area contributed by atoms with Gasteiger partial charge in [-0.3, -0.25) is 15.6 Å². The summed E-state index contributed by atoms with van der Waals surface area (Å²) in [4.78, 5) is 15.9. The first-order valence-electron chi connectivity index (χ1n) is 5.61. The lowest BCUT2D eigenvalue weighted by atomic mass is 10.1. The van der Waals surface area contributed by atoms with Crippen molar-refractivity contribution in [3.63, 3.8) is 0 Å². The first-order valence-corrected chi connectivity index (χ1v) is 5.61. The zero-order valence-electron chi connectivity index (χ0n) is 9.48. The van der Waals surface area contributed by atoms with Gasteiger partial charge < -0.3 is 15.5 Å². The minimum atomic E-state index is -0.172. The van der Waals surface area contributed by atoms with Crippen molar-refractivity contribution in [3.8, 4) is 0 Å². The third-order valence-corrected chi connectivity index (χ3v) is 2.72. The van der Waals surface area contributed by atoms with Crippen LogP contribution in [0.5, 0.6) is 0 Å². The van der Waals surface area contributed by atoms with E-state index in [9.17, 15) is 4.79 Å². The van der Waals surface area contributed by atoms with E-state index in [1.165, 1.54) is 0 Å². The molecule has 6 nitrogen and oxygen atoms in total. The van der Waals surface area contributed by atoms with Gasteiger partial charge >= 0.3 is 0 Å². The molecule has 2 heterocycles. The van der Waals surface area contributed by atoms with Crippen LogP contribution >= 0.6 is 0 Å². The molecule has 6 heteroatoms. The van der Waals surface area contributed by atoms with E-state index in [0.29, 0.717) is 24.6 Å². The van der Waals surface area contributed by atoms with Gasteiger partial charge in [-0.15, -0.1) is 0 Å². The Kier molecular flexibility index (Phi) is 3.89. The number of carbonyl (C=O) groups excluding carboxylic acids is 1. The van der Waals surface area contributed by atoms with Crippen LogP contribution in [0.25, 0.3) is 0 Å². The number of ether oxygens (including phenoxy) is 1. The zero-order chi connectivity index (χ0) is 12.1. The summed E-state index contributed by atoms with van der Waals surface area (Å²) < 4.78 is 5.23. The van der Waals surface area contributed by atoms with Crippen LogP contribution in [0.4, 0.5) is 5.69 Å². The molecule has 92 valence electrons. The molecule has 0 radical (unpaired) electrons. The van der Waals surface area contributed by atoms with Crippen LogP contribution in [0.15, 0.2) is 18.3 Å². The van der Waals surface area contributed by atoms with Crippen LogP contribution < -0.4 is 16.6 Å². The average molecular weight is 236 g/mol. The van der Waals surface area contributed by atoms with Gasteiger partial charge in [-0.25, -0.2) is 0 Å². The van der Waals surface area contributed by atoms with Gasteiger partial charge in [0.25, 0.3) is 5.91 Å². The first-order chi connectivity index (χ1) is 8.29. The number of nitrogens with zero attached hydrogens (tertiary/aromatic N) is 1. The van der Waals surface area contributed by atoms with Gasteiger partial charge in [-0.05, 0) is 25.0 Å². The van der Waals surface area contributed by atoms with Gasteiger partial charge in [-0.1, -0.05) is 0 Å². The lowest BCUT2D eigenvalue weighted by molar-refractivity contribution is 0.0694. The Balaban J connectivity index is 1.98. The molecule has 2 rings (SSSR count). The Morgan fingerprint density at radius 3 is 2.94 bits per heavy atom. The number of rotatable bonds is 3. The van der Waals surface area contributed by atoms with Gasteiger partial charge in [0.2, 0.25) is 0 Å². The summed E-state index contributed by atoms with van der Waals surface area (Å²) in [5.41, 5.74) is 3.52. The van der Waals surface area contributed by atoms with E-state index in [2.05, 4.69) is 15.7 Å². The Bertz CT molecular complexity index is 391. The van der Waals surface area contributed by atoms with E-state index in [1.54, 1.807) is 18.3 Å². The highest BCUT2D eigenvalue weighted by molar-refractivity contribution is 5.93. The molecule has 1 aromatic heterocycles. The number of carbonyl (C=O) groups is 1. The molecule has 1 saturated heterocycles. The van der Waals surface area contributed by atoms with Crippen LogP contribution in [0.3, 0.4) is 0 Å². The molecule has 0 atom stereocenters. The average Bonchev–Trinajstić information content (AvgIpc) is 2.40. The number of hydrazine groups is 1. The number of hydrogen-bond acceptors (Lipinski definition) is 5. The van der Waals surface area contributed by atoms with Crippen molar-refractivity contribution in [1.82, 2.24) is 10.3 Å². The topological polar surface area (TPSA) is 89.3 Å². The summed E-state index contributed by atoms with van der Waals surface area (Å²) in [5, 5.41) is 2.94. The molecule has 0 bridgehead atoms. The summed E-state index contributed by atoms with van der Waals surface area (Å²) in [6, 6.07) is 3.49. The number of nitrogen functional groups attached to an aromatic ring is 1. The zero-order valence-corrected chi connectivity index (χ0v) is 9.48. The summed E-state index contributed by atoms with van der Waals surface area (Å²) in [5.74, 6) is 5.10. The minimum absolute atomic E-state index is 0.172.